The van der Waals surface area contributed by atoms with Gasteiger partial charge in [0.25, 0.3) is 0 Å². The van der Waals surface area contributed by atoms with Crippen LogP contribution in [0.4, 0.5) is 5.82 Å². The van der Waals surface area contributed by atoms with E-state index in [1.54, 1.807) is 6.20 Å². The SMILES string of the molecule is c1ncc(CNCC2CN(c3cc4c(nn3)CCC4)C2)o1. The molecule has 0 unspecified atom stereocenters. The normalized spacial score (nSPS) is 17.8. The highest BCUT2D eigenvalue weighted by molar-refractivity contribution is 5.45. The Morgan fingerprint density at radius 1 is 1.29 bits per heavy atom. The van der Waals surface area contributed by atoms with Crippen LogP contribution in [0.25, 0.3) is 0 Å². The van der Waals surface area contributed by atoms with Crippen molar-refractivity contribution >= 4 is 5.82 Å². The molecule has 21 heavy (non-hydrogen) atoms. The number of nitrogens with one attached hydrogen (secondary N) is 1. The van der Waals surface area contributed by atoms with E-state index in [0.29, 0.717) is 5.92 Å². The van der Waals surface area contributed by atoms with Gasteiger partial charge in [-0.05, 0) is 30.9 Å². The minimum absolute atomic E-state index is 0.669. The van der Waals surface area contributed by atoms with Crippen molar-refractivity contribution in [3.63, 3.8) is 0 Å². The third-order valence-electron chi connectivity index (χ3n) is 4.30. The lowest BCUT2D eigenvalue weighted by atomic mass is 10.00. The molecule has 6 heteroatoms. The maximum absolute atomic E-state index is 5.20. The fraction of sp³-hybridized carbons (Fsp3) is 0.533. The Labute approximate surface area is 123 Å². The smallest absolute Gasteiger partial charge is 0.180 e. The Morgan fingerprint density at radius 2 is 2.24 bits per heavy atom. The largest absolute Gasteiger partial charge is 0.447 e. The van der Waals surface area contributed by atoms with Crippen molar-refractivity contribution in [1.82, 2.24) is 20.5 Å². The number of rotatable bonds is 5. The molecule has 110 valence electrons. The highest BCUT2D eigenvalue weighted by Crippen LogP contribution is 2.26. The zero-order valence-electron chi connectivity index (χ0n) is 12.0. The average molecular weight is 285 g/mol. The van der Waals surface area contributed by atoms with E-state index in [-0.39, 0.29) is 0 Å². The molecule has 1 aliphatic carbocycles. The van der Waals surface area contributed by atoms with Crippen LogP contribution in [0.15, 0.2) is 23.1 Å². The summed E-state index contributed by atoms with van der Waals surface area (Å²) in [5.74, 6) is 2.60. The first-order valence-electron chi connectivity index (χ1n) is 7.57. The zero-order chi connectivity index (χ0) is 14.1. The highest BCUT2D eigenvalue weighted by Gasteiger charge is 2.28. The zero-order valence-corrected chi connectivity index (χ0v) is 12.0. The topological polar surface area (TPSA) is 67.1 Å². The van der Waals surface area contributed by atoms with Crippen LogP contribution >= 0.6 is 0 Å². The Balaban J connectivity index is 1.25. The van der Waals surface area contributed by atoms with Gasteiger partial charge in [0.1, 0.15) is 5.76 Å². The molecule has 2 aliphatic rings. The minimum atomic E-state index is 0.669. The van der Waals surface area contributed by atoms with E-state index in [0.717, 1.165) is 50.6 Å². The molecule has 0 saturated carbocycles. The van der Waals surface area contributed by atoms with Crippen molar-refractivity contribution in [1.29, 1.82) is 0 Å². The predicted octanol–water partition coefficient (Wildman–Crippen LogP) is 1.18. The van der Waals surface area contributed by atoms with Crippen LogP contribution in [0, 0.1) is 5.92 Å². The molecule has 2 aromatic heterocycles. The number of fused-ring (bicyclic) bond motifs is 1. The van der Waals surface area contributed by atoms with Gasteiger partial charge in [0.15, 0.2) is 12.2 Å². The number of hydrogen-bond acceptors (Lipinski definition) is 6. The van der Waals surface area contributed by atoms with Gasteiger partial charge >= 0.3 is 0 Å². The van der Waals surface area contributed by atoms with E-state index in [1.165, 1.54) is 24.1 Å². The van der Waals surface area contributed by atoms with Crippen LogP contribution in [0.2, 0.25) is 0 Å². The van der Waals surface area contributed by atoms with Gasteiger partial charge in [0.05, 0.1) is 18.4 Å². The number of aromatic nitrogens is 3. The third kappa shape index (κ3) is 2.63. The molecule has 0 spiro atoms. The van der Waals surface area contributed by atoms with Crippen molar-refractivity contribution in [2.24, 2.45) is 5.92 Å². The first-order chi connectivity index (χ1) is 10.4. The highest BCUT2D eigenvalue weighted by atomic mass is 16.3. The summed E-state index contributed by atoms with van der Waals surface area (Å²) >= 11 is 0. The lowest BCUT2D eigenvalue weighted by Gasteiger charge is -2.40. The van der Waals surface area contributed by atoms with Gasteiger partial charge in [0.2, 0.25) is 0 Å². The predicted molar refractivity (Wildman–Crippen MR) is 78.0 cm³/mol. The van der Waals surface area contributed by atoms with Gasteiger partial charge in [0, 0.05) is 25.6 Å². The molecule has 4 rings (SSSR count). The number of anilines is 1. The summed E-state index contributed by atoms with van der Waals surface area (Å²) in [6.45, 7) is 3.85. The first kappa shape index (κ1) is 12.8. The van der Waals surface area contributed by atoms with Crippen LogP contribution in [0.3, 0.4) is 0 Å². The molecule has 1 saturated heterocycles. The molecule has 0 atom stereocenters. The van der Waals surface area contributed by atoms with Crippen LogP contribution < -0.4 is 10.2 Å². The monoisotopic (exact) mass is 285 g/mol. The lowest BCUT2D eigenvalue weighted by Crippen LogP contribution is -2.51. The van der Waals surface area contributed by atoms with Crippen molar-refractivity contribution in [2.45, 2.75) is 25.8 Å². The molecule has 0 bridgehead atoms. The fourth-order valence-corrected chi connectivity index (χ4v) is 3.09. The van der Waals surface area contributed by atoms with Crippen LogP contribution in [0.5, 0.6) is 0 Å². The van der Waals surface area contributed by atoms with Gasteiger partial charge in [-0.1, -0.05) is 0 Å². The van der Waals surface area contributed by atoms with Crippen molar-refractivity contribution in [2.75, 3.05) is 24.5 Å². The number of oxazole rings is 1. The van der Waals surface area contributed by atoms with Crippen molar-refractivity contribution in [3.05, 3.63) is 35.7 Å². The second-order valence-corrected chi connectivity index (χ2v) is 5.90. The second-order valence-electron chi connectivity index (χ2n) is 5.90. The van der Waals surface area contributed by atoms with Crippen LogP contribution in [-0.4, -0.2) is 34.8 Å². The minimum Gasteiger partial charge on any atom is -0.447 e. The Morgan fingerprint density at radius 3 is 3.10 bits per heavy atom. The molecule has 0 aromatic carbocycles. The average Bonchev–Trinajstić information content (AvgIpc) is 3.11. The molecule has 0 amide bonds. The molecule has 0 radical (unpaired) electrons. The molecule has 1 N–H and O–H groups in total. The first-order valence-corrected chi connectivity index (χ1v) is 7.57. The number of aryl methyl sites for hydroxylation is 2. The maximum atomic E-state index is 5.20. The summed E-state index contributed by atoms with van der Waals surface area (Å²) < 4.78 is 5.20. The summed E-state index contributed by atoms with van der Waals surface area (Å²) in [6, 6.07) is 2.23. The van der Waals surface area contributed by atoms with Crippen molar-refractivity contribution < 1.29 is 4.42 Å². The lowest BCUT2D eigenvalue weighted by molar-refractivity contribution is 0.371. The fourth-order valence-electron chi connectivity index (χ4n) is 3.09. The molecule has 1 fully saturated rings. The van der Waals surface area contributed by atoms with Crippen molar-refractivity contribution in [3.8, 4) is 0 Å². The van der Waals surface area contributed by atoms with E-state index >= 15 is 0 Å². The standard InChI is InChI=1S/C15H19N5O/c1-2-12-4-15(19-18-14(12)3-1)20-8-11(9-20)5-16-6-13-7-17-10-21-13/h4,7,10-11,16H,1-3,5-6,8-9H2. The van der Waals surface area contributed by atoms with Crippen LogP contribution in [-0.2, 0) is 19.4 Å². The Kier molecular flexibility index (Phi) is 3.31. The van der Waals surface area contributed by atoms with E-state index in [9.17, 15) is 0 Å². The summed E-state index contributed by atoms with van der Waals surface area (Å²) in [7, 11) is 0. The van der Waals surface area contributed by atoms with E-state index < -0.39 is 0 Å². The van der Waals surface area contributed by atoms with Gasteiger partial charge in [-0.15, -0.1) is 5.10 Å². The van der Waals surface area contributed by atoms with Gasteiger partial charge in [-0.25, -0.2) is 4.98 Å². The van der Waals surface area contributed by atoms with E-state index in [1.807, 2.05) is 0 Å². The Bertz CT molecular complexity index is 607. The van der Waals surface area contributed by atoms with Gasteiger partial charge < -0.3 is 14.6 Å². The third-order valence-corrected chi connectivity index (χ3v) is 4.30. The van der Waals surface area contributed by atoms with Gasteiger partial charge in [-0.2, -0.15) is 5.10 Å². The molecular formula is C15H19N5O. The summed E-state index contributed by atoms with van der Waals surface area (Å²) in [4.78, 5) is 6.22. The quantitative estimate of drug-likeness (QED) is 0.890. The molecule has 1 aliphatic heterocycles. The van der Waals surface area contributed by atoms with E-state index in [4.69, 9.17) is 4.42 Å². The van der Waals surface area contributed by atoms with Gasteiger partial charge in [-0.3, -0.25) is 0 Å². The molecular weight excluding hydrogens is 266 g/mol. The van der Waals surface area contributed by atoms with E-state index in [2.05, 4.69) is 31.5 Å². The Hall–Kier alpha value is -1.95. The number of hydrogen-bond donors (Lipinski definition) is 1. The molecule has 3 heterocycles. The summed E-state index contributed by atoms with van der Waals surface area (Å²) in [5.41, 5.74) is 2.59. The summed E-state index contributed by atoms with van der Waals surface area (Å²) in [6.07, 6.45) is 6.70. The maximum Gasteiger partial charge on any atom is 0.180 e. The molecule has 2 aromatic rings. The summed E-state index contributed by atoms with van der Waals surface area (Å²) in [5, 5.41) is 12.1. The van der Waals surface area contributed by atoms with Crippen LogP contribution in [0.1, 0.15) is 23.4 Å². The molecule has 6 nitrogen and oxygen atoms in total. The second kappa shape index (κ2) is 5.44. The number of nitrogens with zero attached hydrogens (tertiary/aromatic N) is 4.